The van der Waals surface area contributed by atoms with Crippen LogP contribution < -0.4 is 10.1 Å². The molecule has 0 unspecified atom stereocenters. The lowest BCUT2D eigenvalue weighted by atomic mass is 9.86. The molecule has 0 fully saturated rings. The van der Waals surface area contributed by atoms with Crippen molar-refractivity contribution < 1.29 is 4.74 Å². The van der Waals surface area contributed by atoms with Gasteiger partial charge < -0.3 is 10.1 Å². The fourth-order valence-electron chi connectivity index (χ4n) is 3.19. The summed E-state index contributed by atoms with van der Waals surface area (Å²) in [5.74, 6) is 0.943. The van der Waals surface area contributed by atoms with Crippen molar-refractivity contribution in [3.63, 3.8) is 0 Å². The highest BCUT2D eigenvalue weighted by molar-refractivity contribution is 5.54. The van der Waals surface area contributed by atoms with Crippen LogP contribution in [0.25, 0.3) is 0 Å². The molecule has 0 radical (unpaired) electrons. The molecular weight excluding hydrogens is 342 g/mol. The Morgan fingerprint density at radius 1 is 0.786 bits per heavy atom. The quantitative estimate of drug-likeness (QED) is 0.513. The molecular formula is C26H31NO. The van der Waals surface area contributed by atoms with Crippen LogP contribution in [0.15, 0.2) is 66.7 Å². The van der Waals surface area contributed by atoms with Gasteiger partial charge in [-0.05, 0) is 59.2 Å². The minimum atomic E-state index is 0.151. The lowest BCUT2D eigenvalue weighted by molar-refractivity contribution is 0.304. The monoisotopic (exact) mass is 373 g/mol. The lowest BCUT2D eigenvalue weighted by Gasteiger charge is -2.21. The predicted molar refractivity (Wildman–Crippen MR) is 119 cm³/mol. The zero-order chi connectivity index (χ0) is 20.1. The Balaban J connectivity index is 1.65. The summed E-state index contributed by atoms with van der Waals surface area (Å²) in [7, 11) is 0. The summed E-state index contributed by atoms with van der Waals surface area (Å²) in [4.78, 5) is 0. The van der Waals surface area contributed by atoms with Gasteiger partial charge in [-0.15, -0.1) is 0 Å². The fourth-order valence-corrected chi connectivity index (χ4v) is 3.19. The number of aryl methyl sites for hydroxylation is 2. The van der Waals surface area contributed by atoms with Gasteiger partial charge in [-0.1, -0.05) is 75.4 Å². The average molecular weight is 374 g/mol. The van der Waals surface area contributed by atoms with E-state index >= 15 is 0 Å². The number of hydrogen-bond donors (Lipinski definition) is 1. The summed E-state index contributed by atoms with van der Waals surface area (Å²) in [6, 6.07) is 23.4. The van der Waals surface area contributed by atoms with Gasteiger partial charge in [0, 0.05) is 12.2 Å². The molecule has 0 atom stereocenters. The minimum Gasteiger partial charge on any atom is -0.489 e. The highest BCUT2D eigenvalue weighted by atomic mass is 16.5. The van der Waals surface area contributed by atoms with Crippen LogP contribution >= 0.6 is 0 Å². The topological polar surface area (TPSA) is 21.3 Å². The molecule has 0 saturated carbocycles. The Kier molecular flexibility index (Phi) is 6.08. The average Bonchev–Trinajstić information content (AvgIpc) is 2.66. The van der Waals surface area contributed by atoms with Crippen LogP contribution in [-0.2, 0) is 18.6 Å². The first-order valence-electron chi connectivity index (χ1n) is 9.94. The van der Waals surface area contributed by atoms with Crippen LogP contribution in [0.2, 0.25) is 0 Å². The zero-order valence-electron chi connectivity index (χ0n) is 17.7. The smallest absolute Gasteiger partial charge is 0.122 e. The van der Waals surface area contributed by atoms with Crippen molar-refractivity contribution in [1.29, 1.82) is 0 Å². The maximum atomic E-state index is 5.99. The molecule has 3 aromatic rings. The van der Waals surface area contributed by atoms with E-state index in [9.17, 15) is 0 Å². The SMILES string of the molecule is Cc1ccc(C(C)(C)C)cc1NCc1ccc(OCc2ccccc2)c(C)c1. The lowest BCUT2D eigenvalue weighted by Crippen LogP contribution is -2.12. The first-order valence-corrected chi connectivity index (χ1v) is 9.94. The summed E-state index contributed by atoms with van der Waals surface area (Å²) < 4.78 is 5.99. The van der Waals surface area contributed by atoms with Crippen molar-refractivity contribution in [2.24, 2.45) is 0 Å². The highest BCUT2D eigenvalue weighted by Crippen LogP contribution is 2.27. The van der Waals surface area contributed by atoms with E-state index in [4.69, 9.17) is 4.74 Å². The molecule has 0 bridgehead atoms. The van der Waals surface area contributed by atoms with Crippen LogP contribution in [0.1, 0.15) is 48.6 Å². The van der Waals surface area contributed by atoms with E-state index < -0.39 is 0 Å². The van der Waals surface area contributed by atoms with Crippen LogP contribution in [0.3, 0.4) is 0 Å². The number of benzene rings is 3. The van der Waals surface area contributed by atoms with E-state index in [1.807, 2.05) is 18.2 Å². The number of nitrogens with one attached hydrogen (secondary N) is 1. The van der Waals surface area contributed by atoms with Gasteiger partial charge in [0.1, 0.15) is 12.4 Å². The van der Waals surface area contributed by atoms with E-state index in [1.54, 1.807) is 0 Å². The highest BCUT2D eigenvalue weighted by Gasteiger charge is 2.14. The molecule has 0 saturated heterocycles. The van der Waals surface area contributed by atoms with E-state index in [-0.39, 0.29) is 5.41 Å². The summed E-state index contributed by atoms with van der Waals surface area (Å²) in [6.07, 6.45) is 0. The van der Waals surface area contributed by atoms with Gasteiger partial charge >= 0.3 is 0 Å². The van der Waals surface area contributed by atoms with Crippen LogP contribution in [0, 0.1) is 13.8 Å². The van der Waals surface area contributed by atoms with Gasteiger partial charge in [-0.3, -0.25) is 0 Å². The molecule has 2 heteroatoms. The van der Waals surface area contributed by atoms with Crippen molar-refractivity contribution in [3.05, 3.63) is 94.5 Å². The summed E-state index contributed by atoms with van der Waals surface area (Å²) in [5.41, 5.74) is 7.57. The predicted octanol–water partition coefficient (Wildman–Crippen LogP) is 6.79. The molecule has 0 aliphatic rings. The van der Waals surface area contributed by atoms with Crippen molar-refractivity contribution in [1.82, 2.24) is 0 Å². The number of hydrogen-bond acceptors (Lipinski definition) is 2. The van der Waals surface area contributed by atoms with Crippen molar-refractivity contribution in [2.45, 2.75) is 53.2 Å². The van der Waals surface area contributed by atoms with E-state index in [0.29, 0.717) is 6.61 Å². The van der Waals surface area contributed by atoms with Gasteiger partial charge in [0.15, 0.2) is 0 Å². The Labute approximate surface area is 169 Å². The first-order chi connectivity index (χ1) is 13.3. The van der Waals surface area contributed by atoms with E-state index in [0.717, 1.165) is 17.9 Å². The third-order valence-electron chi connectivity index (χ3n) is 5.06. The van der Waals surface area contributed by atoms with Crippen molar-refractivity contribution in [2.75, 3.05) is 5.32 Å². The molecule has 1 N–H and O–H groups in total. The maximum Gasteiger partial charge on any atom is 0.122 e. The van der Waals surface area contributed by atoms with Gasteiger partial charge in [0.25, 0.3) is 0 Å². The Morgan fingerprint density at radius 3 is 2.21 bits per heavy atom. The molecule has 0 aliphatic heterocycles. The van der Waals surface area contributed by atoms with E-state index in [2.05, 4.69) is 88.5 Å². The molecule has 0 amide bonds. The minimum absolute atomic E-state index is 0.151. The van der Waals surface area contributed by atoms with Gasteiger partial charge in [0.05, 0.1) is 0 Å². The van der Waals surface area contributed by atoms with Gasteiger partial charge in [-0.25, -0.2) is 0 Å². The number of ether oxygens (including phenoxy) is 1. The molecule has 0 aliphatic carbocycles. The Hall–Kier alpha value is -2.74. The second-order valence-electron chi connectivity index (χ2n) is 8.51. The van der Waals surface area contributed by atoms with Gasteiger partial charge in [0.2, 0.25) is 0 Å². The van der Waals surface area contributed by atoms with Gasteiger partial charge in [-0.2, -0.15) is 0 Å². The first kappa shape index (κ1) is 20.0. The zero-order valence-corrected chi connectivity index (χ0v) is 17.7. The van der Waals surface area contributed by atoms with Crippen LogP contribution in [0.4, 0.5) is 5.69 Å². The number of rotatable bonds is 6. The largest absolute Gasteiger partial charge is 0.489 e. The molecule has 0 spiro atoms. The fraction of sp³-hybridized carbons (Fsp3) is 0.308. The Morgan fingerprint density at radius 2 is 1.54 bits per heavy atom. The second kappa shape index (κ2) is 8.52. The molecule has 2 nitrogen and oxygen atoms in total. The Bertz CT molecular complexity index is 923. The molecule has 0 heterocycles. The normalized spacial score (nSPS) is 11.3. The summed E-state index contributed by atoms with van der Waals surface area (Å²) in [6.45, 7) is 12.4. The third-order valence-corrected chi connectivity index (χ3v) is 5.06. The maximum absolute atomic E-state index is 5.99. The summed E-state index contributed by atoms with van der Waals surface area (Å²) in [5, 5.41) is 3.61. The third kappa shape index (κ3) is 5.16. The van der Waals surface area contributed by atoms with Crippen LogP contribution in [0.5, 0.6) is 5.75 Å². The van der Waals surface area contributed by atoms with Crippen LogP contribution in [-0.4, -0.2) is 0 Å². The van der Waals surface area contributed by atoms with E-state index in [1.165, 1.54) is 27.9 Å². The van der Waals surface area contributed by atoms with Crippen molar-refractivity contribution >= 4 is 5.69 Å². The molecule has 0 aromatic heterocycles. The molecule has 3 rings (SSSR count). The number of anilines is 1. The standard InChI is InChI=1S/C26H31NO/c1-19-11-13-23(26(3,4)5)16-24(19)27-17-22-12-14-25(20(2)15-22)28-18-21-9-7-6-8-10-21/h6-16,27H,17-18H2,1-5H3. The molecule has 3 aromatic carbocycles. The molecule has 146 valence electrons. The summed E-state index contributed by atoms with van der Waals surface area (Å²) >= 11 is 0. The second-order valence-corrected chi connectivity index (χ2v) is 8.51. The van der Waals surface area contributed by atoms with Crippen molar-refractivity contribution in [3.8, 4) is 5.75 Å². The molecule has 28 heavy (non-hydrogen) atoms.